The van der Waals surface area contributed by atoms with Gasteiger partial charge < -0.3 is 9.80 Å². The van der Waals surface area contributed by atoms with E-state index in [1.165, 1.54) is 0 Å². The van der Waals surface area contributed by atoms with Gasteiger partial charge in [0.05, 0.1) is 0 Å². The molecule has 0 aliphatic carbocycles. The lowest BCUT2D eigenvalue weighted by molar-refractivity contribution is -0.131. The van der Waals surface area contributed by atoms with E-state index < -0.39 is 0 Å². The van der Waals surface area contributed by atoms with Crippen LogP contribution in [0.4, 0.5) is 0 Å². The number of carbonyl (C=O) groups excluding carboxylic acids is 2. The Morgan fingerprint density at radius 3 is 2.35 bits per heavy atom. The van der Waals surface area contributed by atoms with Crippen LogP contribution in [0.5, 0.6) is 0 Å². The van der Waals surface area contributed by atoms with Crippen molar-refractivity contribution in [2.45, 2.75) is 37.5 Å². The zero-order valence-corrected chi connectivity index (χ0v) is 14.9. The number of carbonyl (C=O) groups is 2. The highest BCUT2D eigenvalue weighted by molar-refractivity contribution is 7.98. The summed E-state index contributed by atoms with van der Waals surface area (Å²) in [5.74, 6) is 0.297. The number of nitrogens with zero attached hydrogens (tertiary/aromatic N) is 2. The van der Waals surface area contributed by atoms with Gasteiger partial charge in [-0.3, -0.25) is 9.59 Å². The zero-order valence-electron chi connectivity index (χ0n) is 14.1. The molecule has 5 heteroatoms. The average Bonchev–Trinajstić information content (AvgIpc) is 2.85. The van der Waals surface area contributed by atoms with Gasteiger partial charge in [-0.15, -0.1) is 11.8 Å². The molecule has 126 valence electrons. The molecule has 1 aromatic rings. The van der Waals surface area contributed by atoms with Gasteiger partial charge in [0.1, 0.15) is 0 Å². The Hall–Kier alpha value is -1.49. The third-order valence-corrected chi connectivity index (χ3v) is 4.96. The second-order valence-corrected chi connectivity index (χ2v) is 6.74. The van der Waals surface area contributed by atoms with E-state index in [4.69, 9.17) is 0 Å². The van der Waals surface area contributed by atoms with Crippen molar-refractivity contribution in [3.63, 3.8) is 0 Å². The Balaban J connectivity index is 1.93. The molecule has 0 spiro atoms. The highest BCUT2D eigenvalue weighted by Crippen LogP contribution is 2.17. The van der Waals surface area contributed by atoms with Crippen LogP contribution in [0, 0.1) is 0 Å². The van der Waals surface area contributed by atoms with E-state index in [9.17, 15) is 9.59 Å². The van der Waals surface area contributed by atoms with Gasteiger partial charge in [-0.05, 0) is 43.4 Å². The molecule has 1 saturated heterocycles. The molecule has 1 fully saturated rings. The van der Waals surface area contributed by atoms with E-state index in [1.54, 1.807) is 11.8 Å². The van der Waals surface area contributed by atoms with Crippen molar-refractivity contribution in [1.82, 2.24) is 9.80 Å². The van der Waals surface area contributed by atoms with Crippen molar-refractivity contribution in [2.75, 3.05) is 32.4 Å². The Bertz CT molecular complexity index is 530. The summed E-state index contributed by atoms with van der Waals surface area (Å²) in [6.07, 6.45) is 5.48. The molecule has 0 saturated carbocycles. The molecule has 1 aliphatic heterocycles. The lowest BCUT2D eigenvalue weighted by atomic mass is 10.2. The molecule has 1 heterocycles. The Morgan fingerprint density at radius 2 is 1.70 bits per heavy atom. The maximum absolute atomic E-state index is 12.6. The second kappa shape index (κ2) is 8.96. The summed E-state index contributed by atoms with van der Waals surface area (Å²) >= 11 is 1.67. The van der Waals surface area contributed by atoms with E-state index in [0.29, 0.717) is 19.5 Å². The minimum Gasteiger partial charge on any atom is -0.341 e. The van der Waals surface area contributed by atoms with Gasteiger partial charge in [0.15, 0.2) is 0 Å². The quantitative estimate of drug-likeness (QED) is 0.776. The maximum atomic E-state index is 12.6. The number of rotatable bonds is 5. The molecule has 4 nitrogen and oxygen atoms in total. The van der Waals surface area contributed by atoms with Gasteiger partial charge in [0, 0.05) is 43.1 Å². The first-order chi connectivity index (χ1) is 11.2. The standard InChI is InChI=1S/C18H26N2O2S/c1-3-4-6-17(21)19-11-5-12-20(14-13-19)18(22)15-7-9-16(23-2)10-8-15/h7-10H,3-6,11-14H2,1-2H3. The van der Waals surface area contributed by atoms with E-state index >= 15 is 0 Å². The number of thioether (sulfide) groups is 1. The molecule has 1 aromatic carbocycles. The monoisotopic (exact) mass is 334 g/mol. The Kier molecular flexibility index (Phi) is 6.96. The van der Waals surface area contributed by atoms with Crippen LogP contribution in [0.3, 0.4) is 0 Å². The smallest absolute Gasteiger partial charge is 0.253 e. The van der Waals surface area contributed by atoms with Crippen molar-refractivity contribution in [3.05, 3.63) is 29.8 Å². The predicted octanol–water partition coefficient (Wildman–Crippen LogP) is 3.27. The number of unbranched alkanes of at least 4 members (excludes halogenated alkanes) is 1. The lowest BCUT2D eigenvalue weighted by Gasteiger charge is -2.22. The highest BCUT2D eigenvalue weighted by Gasteiger charge is 2.22. The second-order valence-electron chi connectivity index (χ2n) is 5.86. The molecule has 0 N–H and O–H groups in total. The van der Waals surface area contributed by atoms with E-state index in [0.717, 1.165) is 42.8 Å². The molecule has 1 aliphatic rings. The largest absolute Gasteiger partial charge is 0.341 e. The number of amides is 2. The molecule has 0 bridgehead atoms. The first-order valence-corrected chi connectivity index (χ1v) is 9.59. The fourth-order valence-corrected chi connectivity index (χ4v) is 3.18. The summed E-state index contributed by atoms with van der Waals surface area (Å²) in [4.78, 5) is 29.7. The fraction of sp³-hybridized carbons (Fsp3) is 0.556. The van der Waals surface area contributed by atoms with Gasteiger partial charge in [-0.1, -0.05) is 13.3 Å². The van der Waals surface area contributed by atoms with Gasteiger partial charge in [0.25, 0.3) is 5.91 Å². The summed E-state index contributed by atoms with van der Waals surface area (Å²) in [5, 5.41) is 0. The van der Waals surface area contributed by atoms with Crippen LogP contribution in [-0.4, -0.2) is 54.0 Å². The van der Waals surface area contributed by atoms with Crippen molar-refractivity contribution >= 4 is 23.6 Å². The first kappa shape index (κ1) is 17.9. The minimum absolute atomic E-state index is 0.0699. The van der Waals surface area contributed by atoms with Gasteiger partial charge in [-0.2, -0.15) is 0 Å². The van der Waals surface area contributed by atoms with Crippen LogP contribution in [0.2, 0.25) is 0 Å². The van der Waals surface area contributed by atoms with E-state index in [-0.39, 0.29) is 11.8 Å². The third-order valence-electron chi connectivity index (χ3n) is 4.22. The van der Waals surface area contributed by atoms with Crippen LogP contribution in [0.25, 0.3) is 0 Å². The maximum Gasteiger partial charge on any atom is 0.253 e. The number of benzene rings is 1. The lowest BCUT2D eigenvalue weighted by Crippen LogP contribution is -2.37. The summed E-state index contributed by atoms with van der Waals surface area (Å²) in [5.41, 5.74) is 0.730. The predicted molar refractivity (Wildman–Crippen MR) is 94.8 cm³/mol. The van der Waals surface area contributed by atoms with E-state index in [1.807, 2.05) is 40.3 Å². The molecule has 2 amide bonds. The molecule has 0 unspecified atom stereocenters. The molecule has 0 aromatic heterocycles. The van der Waals surface area contributed by atoms with Crippen LogP contribution >= 0.6 is 11.8 Å². The van der Waals surface area contributed by atoms with Crippen LogP contribution in [0.15, 0.2) is 29.2 Å². The fourth-order valence-electron chi connectivity index (χ4n) is 2.77. The van der Waals surface area contributed by atoms with Gasteiger partial charge in [-0.25, -0.2) is 0 Å². The summed E-state index contributed by atoms with van der Waals surface area (Å²) < 4.78 is 0. The van der Waals surface area contributed by atoms with Gasteiger partial charge >= 0.3 is 0 Å². The zero-order chi connectivity index (χ0) is 16.7. The molecule has 2 rings (SSSR count). The van der Waals surface area contributed by atoms with Gasteiger partial charge in [0.2, 0.25) is 5.91 Å². The van der Waals surface area contributed by atoms with E-state index in [2.05, 4.69) is 6.92 Å². The summed E-state index contributed by atoms with van der Waals surface area (Å²) in [6, 6.07) is 7.75. The van der Waals surface area contributed by atoms with Crippen molar-refractivity contribution in [1.29, 1.82) is 0 Å². The Morgan fingerprint density at radius 1 is 1.04 bits per heavy atom. The molecule has 0 atom stereocenters. The van der Waals surface area contributed by atoms with Crippen LogP contribution in [-0.2, 0) is 4.79 Å². The normalized spacial score (nSPS) is 15.4. The third kappa shape index (κ3) is 4.99. The van der Waals surface area contributed by atoms with Crippen molar-refractivity contribution in [2.24, 2.45) is 0 Å². The van der Waals surface area contributed by atoms with Crippen molar-refractivity contribution < 1.29 is 9.59 Å². The Labute approximate surface area is 143 Å². The molecule has 23 heavy (non-hydrogen) atoms. The average molecular weight is 334 g/mol. The SMILES string of the molecule is CCCCC(=O)N1CCCN(C(=O)c2ccc(SC)cc2)CC1. The molecular weight excluding hydrogens is 308 g/mol. The van der Waals surface area contributed by atoms with Crippen LogP contribution < -0.4 is 0 Å². The highest BCUT2D eigenvalue weighted by atomic mass is 32.2. The van der Waals surface area contributed by atoms with Crippen LogP contribution in [0.1, 0.15) is 43.0 Å². The number of hydrogen-bond donors (Lipinski definition) is 0. The minimum atomic E-state index is 0.0699. The number of hydrogen-bond acceptors (Lipinski definition) is 3. The van der Waals surface area contributed by atoms with Crippen molar-refractivity contribution in [3.8, 4) is 0 Å². The molecule has 0 radical (unpaired) electrons. The molecular formula is C18H26N2O2S. The summed E-state index contributed by atoms with van der Waals surface area (Å²) in [7, 11) is 0. The topological polar surface area (TPSA) is 40.6 Å². The summed E-state index contributed by atoms with van der Waals surface area (Å²) in [6.45, 7) is 4.86. The first-order valence-electron chi connectivity index (χ1n) is 8.36.